The second kappa shape index (κ2) is 15.7. The van der Waals surface area contributed by atoms with Crippen LogP contribution >= 0.6 is 0 Å². The lowest BCUT2D eigenvalue weighted by atomic mass is 9.68. The van der Waals surface area contributed by atoms with E-state index in [1.807, 2.05) is 12.1 Å². The molecule has 0 aromatic heterocycles. The number of rotatable bonds is 13. The van der Waals surface area contributed by atoms with Crippen LogP contribution in [0.2, 0.25) is 0 Å². The minimum Gasteiger partial charge on any atom is -0.462 e. The third-order valence-electron chi connectivity index (χ3n) is 9.18. The van der Waals surface area contributed by atoms with E-state index in [-0.39, 0.29) is 47.9 Å². The first-order valence-corrected chi connectivity index (χ1v) is 16.1. The van der Waals surface area contributed by atoms with Crippen molar-refractivity contribution in [2.24, 2.45) is 5.73 Å². The Morgan fingerprint density at radius 1 is 0.896 bits per heavy atom. The Bertz CT molecular complexity index is 1620. The number of carbonyl (C=O) groups excluding carboxylic acids is 2. The SMILES string of the molecule is COCCOC(=O)C1=C(N)NC(C)=C(C(=O)OCCCN2CCC(c3ccccc3)(c3ccccc3)CC2)C1c1cccc([N+](=O)[O-])c1. The van der Waals surface area contributed by atoms with E-state index in [4.69, 9.17) is 19.9 Å². The molecule has 1 unspecified atom stereocenters. The molecule has 3 N–H and O–H groups in total. The van der Waals surface area contributed by atoms with Gasteiger partial charge in [0.15, 0.2) is 0 Å². The molecule has 0 saturated carbocycles. The Morgan fingerprint density at radius 3 is 2.10 bits per heavy atom. The Kier molecular flexibility index (Phi) is 11.3. The Labute approximate surface area is 280 Å². The van der Waals surface area contributed by atoms with Crippen LogP contribution in [0.4, 0.5) is 5.69 Å². The van der Waals surface area contributed by atoms with Gasteiger partial charge in [-0.05, 0) is 56.0 Å². The van der Waals surface area contributed by atoms with Gasteiger partial charge in [0, 0.05) is 36.9 Å². The number of nitrogens with one attached hydrogen (secondary N) is 1. The summed E-state index contributed by atoms with van der Waals surface area (Å²) in [5.41, 5.74) is 9.51. The number of nitro groups is 1. The summed E-state index contributed by atoms with van der Waals surface area (Å²) in [7, 11) is 1.48. The summed E-state index contributed by atoms with van der Waals surface area (Å²) in [5, 5.41) is 14.5. The molecule has 0 spiro atoms. The standard InChI is InChI=1S/C37H42N4O7/c1-26-31(32(27-11-9-16-30(25-27)41(44)45)33(34(38)39-26)36(43)48-24-23-46-2)35(42)47-22-10-19-40-20-17-37(18-21-40,28-12-5-3-6-13-28)29-14-7-4-8-15-29/h3-9,11-16,25,32,39H,10,17-24,38H2,1-2H3. The van der Waals surface area contributed by atoms with E-state index in [1.165, 1.54) is 36.4 Å². The van der Waals surface area contributed by atoms with Crippen molar-refractivity contribution in [1.29, 1.82) is 0 Å². The van der Waals surface area contributed by atoms with E-state index < -0.39 is 22.8 Å². The molecule has 252 valence electrons. The third-order valence-corrected chi connectivity index (χ3v) is 9.18. The summed E-state index contributed by atoms with van der Waals surface area (Å²) >= 11 is 0. The third kappa shape index (κ3) is 7.58. The summed E-state index contributed by atoms with van der Waals surface area (Å²) in [5.74, 6) is -2.45. The molecule has 11 heteroatoms. The molecule has 11 nitrogen and oxygen atoms in total. The highest BCUT2D eigenvalue weighted by molar-refractivity contribution is 5.99. The van der Waals surface area contributed by atoms with E-state index in [9.17, 15) is 19.7 Å². The maximum Gasteiger partial charge on any atom is 0.338 e. The number of hydrogen-bond donors (Lipinski definition) is 2. The quantitative estimate of drug-likeness (QED) is 0.113. The lowest BCUT2D eigenvalue weighted by Gasteiger charge is -2.43. The maximum atomic E-state index is 13.7. The zero-order chi connectivity index (χ0) is 34.1. The highest BCUT2D eigenvalue weighted by atomic mass is 16.6. The largest absolute Gasteiger partial charge is 0.462 e. The number of dihydropyridines is 1. The number of methoxy groups -OCH3 is 1. The minimum atomic E-state index is -1.04. The van der Waals surface area contributed by atoms with Gasteiger partial charge >= 0.3 is 11.9 Å². The molecule has 2 heterocycles. The monoisotopic (exact) mass is 654 g/mol. The van der Waals surface area contributed by atoms with Crippen LogP contribution in [0.3, 0.4) is 0 Å². The van der Waals surface area contributed by atoms with E-state index >= 15 is 0 Å². The molecule has 3 aromatic rings. The highest BCUT2D eigenvalue weighted by Gasteiger charge is 2.40. The molecule has 2 aliphatic heterocycles. The molecule has 1 atom stereocenters. The number of carbonyl (C=O) groups is 2. The number of piperidine rings is 1. The van der Waals surface area contributed by atoms with Crippen molar-refractivity contribution < 1.29 is 28.7 Å². The number of nitrogens with two attached hydrogens (primary N) is 1. The lowest BCUT2D eigenvalue weighted by Crippen LogP contribution is -2.43. The predicted molar refractivity (Wildman–Crippen MR) is 181 cm³/mol. The van der Waals surface area contributed by atoms with Crippen molar-refractivity contribution in [3.63, 3.8) is 0 Å². The van der Waals surface area contributed by atoms with Crippen molar-refractivity contribution >= 4 is 17.6 Å². The molecule has 2 aliphatic rings. The molecule has 0 radical (unpaired) electrons. The molecular weight excluding hydrogens is 612 g/mol. The van der Waals surface area contributed by atoms with Gasteiger partial charge < -0.3 is 30.2 Å². The van der Waals surface area contributed by atoms with Crippen LogP contribution in [-0.2, 0) is 29.2 Å². The first-order chi connectivity index (χ1) is 23.2. The summed E-state index contributed by atoms with van der Waals surface area (Å²) < 4.78 is 16.1. The first kappa shape index (κ1) is 34.3. The molecule has 3 aromatic carbocycles. The van der Waals surface area contributed by atoms with Gasteiger partial charge in [-0.15, -0.1) is 0 Å². The van der Waals surface area contributed by atoms with E-state index in [1.54, 1.807) is 13.0 Å². The molecule has 1 saturated heterocycles. The normalized spacial score (nSPS) is 17.8. The summed E-state index contributed by atoms with van der Waals surface area (Å²) in [6, 6.07) is 27.1. The maximum absolute atomic E-state index is 13.7. The zero-order valence-electron chi connectivity index (χ0n) is 27.4. The summed E-state index contributed by atoms with van der Waals surface area (Å²) in [6.07, 6.45) is 2.56. The number of non-ortho nitro benzene ring substituents is 1. The molecule has 0 bridgehead atoms. The Balaban J connectivity index is 1.26. The number of hydrogen-bond acceptors (Lipinski definition) is 10. The van der Waals surface area contributed by atoms with E-state index in [2.05, 4.69) is 58.7 Å². The fourth-order valence-electron chi connectivity index (χ4n) is 6.75. The van der Waals surface area contributed by atoms with Gasteiger partial charge in [0.2, 0.25) is 0 Å². The van der Waals surface area contributed by atoms with Crippen LogP contribution in [0.15, 0.2) is 108 Å². The topological polar surface area (TPSA) is 146 Å². The van der Waals surface area contributed by atoms with Gasteiger partial charge in [-0.1, -0.05) is 72.8 Å². The van der Waals surface area contributed by atoms with Crippen LogP contribution in [0.1, 0.15) is 48.8 Å². The fourth-order valence-corrected chi connectivity index (χ4v) is 6.75. The van der Waals surface area contributed by atoms with Gasteiger partial charge in [0.25, 0.3) is 5.69 Å². The number of ether oxygens (including phenoxy) is 3. The van der Waals surface area contributed by atoms with Crippen LogP contribution in [0, 0.1) is 10.1 Å². The number of allylic oxidation sites excluding steroid dienone is 1. The number of esters is 2. The minimum absolute atomic E-state index is 0.00449. The number of likely N-dealkylation sites (tertiary alicyclic amines) is 1. The van der Waals surface area contributed by atoms with Crippen molar-refractivity contribution in [2.45, 2.75) is 37.5 Å². The van der Waals surface area contributed by atoms with Crippen molar-refractivity contribution in [2.75, 3.05) is 46.6 Å². The highest BCUT2D eigenvalue weighted by Crippen LogP contribution is 2.42. The summed E-state index contributed by atoms with van der Waals surface area (Å²) in [6.45, 7) is 4.49. The first-order valence-electron chi connectivity index (χ1n) is 16.1. The zero-order valence-corrected chi connectivity index (χ0v) is 27.4. The smallest absolute Gasteiger partial charge is 0.338 e. The van der Waals surface area contributed by atoms with Gasteiger partial charge in [0.1, 0.15) is 12.4 Å². The number of nitrogens with zero attached hydrogens (tertiary/aromatic N) is 2. The molecule has 0 aliphatic carbocycles. The van der Waals surface area contributed by atoms with Crippen molar-refractivity contribution in [3.8, 4) is 0 Å². The average Bonchev–Trinajstić information content (AvgIpc) is 3.11. The van der Waals surface area contributed by atoms with E-state index in [0.717, 1.165) is 32.5 Å². The fraction of sp³-hybridized carbons (Fsp3) is 0.351. The molecule has 0 amide bonds. The van der Waals surface area contributed by atoms with Crippen LogP contribution < -0.4 is 11.1 Å². The van der Waals surface area contributed by atoms with Gasteiger partial charge in [-0.25, -0.2) is 9.59 Å². The molecule has 48 heavy (non-hydrogen) atoms. The number of nitro benzene ring substituents is 1. The predicted octanol–water partition coefficient (Wildman–Crippen LogP) is 4.93. The summed E-state index contributed by atoms with van der Waals surface area (Å²) in [4.78, 5) is 40.4. The van der Waals surface area contributed by atoms with E-state index in [0.29, 0.717) is 17.7 Å². The van der Waals surface area contributed by atoms with Gasteiger partial charge in [0.05, 0.1) is 35.2 Å². The van der Waals surface area contributed by atoms with Crippen molar-refractivity contribution in [3.05, 3.63) is 134 Å². The van der Waals surface area contributed by atoms with Crippen LogP contribution in [0.25, 0.3) is 0 Å². The average molecular weight is 655 g/mol. The molecule has 1 fully saturated rings. The van der Waals surface area contributed by atoms with Gasteiger partial charge in [-0.2, -0.15) is 0 Å². The van der Waals surface area contributed by atoms with Crippen LogP contribution in [-0.4, -0.2) is 68.3 Å². The van der Waals surface area contributed by atoms with Gasteiger partial charge in [-0.3, -0.25) is 10.1 Å². The Hall–Kier alpha value is -5.00. The molecule has 5 rings (SSSR count). The van der Waals surface area contributed by atoms with Crippen LogP contribution in [0.5, 0.6) is 0 Å². The molecular formula is C37H42N4O7. The second-order valence-corrected chi connectivity index (χ2v) is 12.1. The lowest BCUT2D eigenvalue weighted by molar-refractivity contribution is -0.384. The second-order valence-electron chi connectivity index (χ2n) is 12.1. The Morgan fingerprint density at radius 2 is 1.50 bits per heavy atom. The van der Waals surface area contributed by atoms with Crippen molar-refractivity contribution in [1.82, 2.24) is 10.2 Å². The number of benzene rings is 3.